The second-order valence-electron chi connectivity index (χ2n) is 6.67. The molecule has 1 amide bonds. The van der Waals surface area contributed by atoms with Gasteiger partial charge in [-0.25, -0.2) is 4.98 Å². The summed E-state index contributed by atoms with van der Waals surface area (Å²) in [5, 5.41) is 10.5. The molecule has 4 heterocycles. The van der Waals surface area contributed by atoms with Crippen LogP contribution in [0.25, 0.3) is 0 Å². The molecule has 22 heavy (non-hydrogen) atoms. The highest BCUT2D eigenvalue weighted by atomic mass is 32.1. The summed E-state index contributed by atoms with van der Waals surface area (Å²) in [5.74, 6) is 0.0978. The van der Waals surface area contributed by atoms with E-state index in [2.05, 4.69) is 9.88 Å². The second kappa shape index (κ2) is 5.47. The van der Waals surface area contributed by atoms with Crippen molar-refractivity contribution in [2.45, 2.75) is 25.4 Å². The van der Waals surface area contributed by atoms with Gasteiger partial charge in [0.1, 0.15) is 4.88 Å². The predicted molar refractivity (Wildman–Crippen MR) is 83.3 cm³/mol. The van der Waals surface area contributed by atoms with Crippen LogP contribution in [0.4, 0.5) is 5.13 Å². The van der Waals surface area contributed by atoms with Crippen molar-refractivity contribution in [1.29, 1.82) is 0 Å². The lowest BCUT2D eigenvalue weighted by Crippen LogP contribution is -2.60. The lowest BCUT2D eigenvalue weighted by molar-refractivity contribution is -0.0665. The molecule has 7 heteroatoms. The highest BCUT2D eigenvalue weighted by Crippen LogP contribution is 2.41. The molecular formula is C15H21N3O3S. The number of carbonyl (C=O) groups is 1. The standard InChI is InChI=1S/C15H21N3O3S/c19-11-1-4-17(8-11)14-16-7-12(22-14)13(20)18-9-15(10-18)2-5-21-6-3-15/h7,11,19H,1-6,8-10H2/t11-/m0/s1. The Morgan fingerprint density at radius 2 is 2.18 bits per heavy atom. The molecule has 3 aliphatic heterocycles. The van der Waals surface area contributed by atoms with E-state index in [1.807, 2.05) is 4.90 Å². The molecule has 1 N–H and O–H groups in total. The van der Waals surface area contributed by atoms with Gasteiger partial charge < -0.3 is 19.6 Å². The summed E-state index contributed by atoms with van der Waals surface area (Å²) in [5.41, 5.74) is 0.306. The van der Waals surface area contributed by atoms with Crippen LogP contribution in [0.5, 0.6) is 0 Å². The van der Waals surface area contributed by atoms with Gasteiger partial charge in [-0.05, 0) is 19.3 Å². The highest BCUT2D eigenvalue weighted by Gasteiger charge is 2.46. The summed E-state index contributed by atoms with van der Waals surface area (Å²) in [6.07, 6.45) is 4.32. The summed E-state index contributed by atoms with van der Waals surface area (Å²) in [6.45, 7) is 4.78. The number of nitrogens with zero attached hydrogens (tertiary/aromatic N) is 3. The van der Waals surface area contributed by atoms with Crippen LogP contribution in [0.1, 0.15) is 28.9 Å². The van der Waals surface area contributed by atoms with Crippen molar-refractivity contribution in [3.05, 3.63) is 11.1 Å². The van der Waals surface area contributed by atoms with Gasteiger partial charge in [0.2, 0.25) is 0 Å². The number of thiazole rings is 1. The van der Waals surface area contributed by atoms with E-state index < -0.39 is 0 Å². The number of ether oxygens (including phenoxy) is 1. The number of anilines is 1. The maximum Gasteiger partial charge on any atom is 0.265 e. The molecule has 0 saturated carbocycles. The first kappa shape index (κ1) is 14.4. The third-order valence-corrected chi connectivity index (χ3v) is 6.08. The number of hydrogen-bond acceptors (Lipinski definition) is 6. The molecule has 120 valence electrons. The van der Waals surface area contributed by atoms with Crippen LogP contribution in [-0.4, -0.2) is 66.4 Å². The largest absolute Gasteiger partial charge is 0.391 e. The number of aromatic nitrogens is 1. The van der Waals surface area contributed by atoms with Crippen molar-refractivity contribution in [2.24, 2.45) is 5.41 Å². The van der Waals surface area contributed by atoms with Gasteiger partial charge in [-0.15, -0.1) is 0 Å². The predicted octanol–water partition coefficient (Wildman–Crippen LogP) is 0.967. The Balaban J connectivity index is 1.38. The van der Waals surface area contributed by atoms with Crippen molar-refractivity contribution in [1.82, 2.24) is 9.88 Å². The number of β-amino-alcohol motifs (C(OH)–C–C–N with tert-alkyl or cyclic N) is 1. The van der Waals surface area contributed by atoms with Crippen LogP contribution in [0.2, 0.25) is 0 Å². The number of amides is 1. The van der Waals surface area contributed by atoms with Crippen molar-refractivity contribution in [3.63, 3.8) is 0 Å². The SMILES string of the molecule is O=C(c1cnc(N2CC[C@H](O)C2)s1)N1CC2(CCOCC2)C1. The average molecular weight is 323 g/mol. The van der Waals surface area contributed by atoms with Gasteiger partial charge in [-0.3, -0.25) is 4.79 Å². The Morgan fingerprint density at radius 1 is 1.41 bits per heavy atom. The van der Waals surface area contributed by atoms with E-state index in [1.165, 1.54) is 11.3 Å². The zero-order valence-electron chi connectivity index (χ0n) is 12.5. The van der Waals surface area contributed by atoms with Crippen molar-refractivity contribution in [2.75, 3.05) is 44.3 Å². The molecule has 1 atom stereocenters. The molecule has 0 aliphatic carbocycles. The maximum atomic E-state index is 12.5. The molecule has 0 radical (unpaired) electrons. The molecule has 4 rings (SSSR count). The first-order valence-corrected chi connectivity index (χ1v) is 8.73. The molecule has 3 fully saturated rings. The first-order valence-electron chi connectivity index (χ1n) is 7.91. The molecule has 0 bridgehead atoms. The number of aliphatic hydroxyl groups excluding tert-OH is 1. The van der Waals surface area contributed by atoms with Gasteiger partial charge in [-0.1, -0.05) is 11.3 Å². The van der Waals surface area contributed by atoms with E-state index >= 15 is 0 Å². The quantitative estimate of drug-likeness (QED) is 0.878. The van der Waals surface area contributed by atoms with Gasteiger partial charge in [0.25, 0.3) is 5.91 Å². The van der Waals surface area contributed by atoms with Gasteiger partial charge in [-0.2, -0.15) is 0 Å². The first-order chi connectivity index (χ1) is 10.7. The Bertz CT molecular complexity index is 562. The smallest absolute Gasteiger partial charge is 0.265 e. The summed E-state index contributed by atoms with van der Waals surface area (Å²) < 4.78 is 5.41. The van der Waals surface area contributed by atoms with Gasteiger partial charge in [0, 0.05) is 44.8 Å². The van der Waals surface area contributed by atoms with Gasteiger partial charge >= 0.3 is 0 Å². The topological polar surface area (TPSA) is 65.9 Å². The third kappa shape index (κ3) is 2.51. The number of aliphatic hydroxyl groups is 1. The van der Waals surface area contributed by atoms with E-state index in [1.54, 1.807) is 6.20 Å². The van der Waals surface area contributed by atoms with Gasteiger partial charge in [0.15, 0.2) is 5.13 Å². The fourth-order valence-electron chi connectivity index (χ4n) is 3.61. The van der Waals surface area contributed by atoms with Crippen LogP contribution in [0, 0.1) is 5.41 Å². The molecular weight excluding hydrogens is 302 g/mol. The number of hydrogen-bond donors (Lipinski definition) is 1. The van der Waals surface area contributed by atoms with Crippen LogP contribution in [0.3, 0.4) is 0 Å². The average Bonchev–Trinajstić information content (AvgIpc) is 3.13. The van der Waals surface area contributed by atoms with Crippen molar-refractivity contribution in [3.8, 4) is 0 Å². The lowest BCUT2D eigenvalue weighted by atomic mass is 9.73. The van der Waals surface area contributed by atoms with Crippen molar-refractivity contribution < 1.29 is 14.6 Å². The second-order valence-corrected chi connectivity index (χ2v) is 7.68. The molecule has 1 spiro atoms. The minimum atomic E-state index is -0.271. The zero-order chi connectivity index (χ0) is 15.2. The Kier molecular flexibility index (Phi) is 3.58. The molecule has 1 aromatic heterocycles. The monoisotopic (exact) mass is 323 g/mol. The molecule has 0 aromatic carbocycles. The van der Waals surface area contributed by atoms with E-state index in [0.717, 1.165) is 57.2 Å². The van der Waals surface area contributed by atoms with Gasteiger partial charge in [0.05, 0.1) is 12.3 Å². The van der Waals surface area contributed by atoms with Crippen LogP contribution in [-0.2, 0) is 4.74 Å². The van der Waals surface area contributed by atoms with E-state index in [4.69, 9.17) is 4.74 Å². The van der Waals surface area contributed by atoms with E-state index in [-0.39, 0.29) is 12.0 Å². The molecule has 3 aliphatic rings. The molecule has 1 aromatic rings. The maximum absolute atomic E-state index is 12.5. The Labute approximate surface area is 133 Å². The summed E-state index contributed by atoms with van der Waals surface area (Å²) in [6, 6.07) is 0. The number of likely N-dealkylation sites (tertiary alicyclic amines) is 1. The minimum absolute atomic E-state index is 0.0978. The number of rotatable bonds is 2. The fraction of sp³-hybridized carbons (Fsp3) is 0.733. The molecule has 6 nitrogen and oxygen atoms in total. The van der Waals surface area contributed by atoms with E-state index in [0.29, 0.717) is 16.8 Å². The molecule has 3 saturated heterocycles. The fourth-order valence-corrected chi connectivity index (χ4v) is 4.53. The Hall–Kier alpha value is -1.18. The Morgan fingerprint density at radius 3 is 2.86 bits per heavy atom. The van der Waals surface area contributed by atoms with E-state index in [9.17, 15) is 9.90 Å². The minimum Gasteiger partial charge on any atom is -0.391 e. The molecule has 0 unspecified atom stereocenters. The number of carbonyl (C=O) groups excluding carboxylic acids is 1. The third-order valence-electron chi connectivity index (χ3n) is 5.03. The summed E-state index contributed by atoms with van der Waals surface area (Å²) in [4.78, 5) is 21.6. The highest BCUT2D eigenvalue weighted by molar-refractivity contribution is 7.17. The zero-order valence-corrected chi connectivity index (χ0v) is 13.3. The van der Waals surface area contributed by atoms with Crippen molar-refractivity contribution >= 4 is 22.4 Å². The normalized spacial score (nSPS) is 27.2. The summed E-state index contributed by atoms with van der Waals surface area (Å²) >= 11 is 1.44. The summed E-state index contributed by atoms with van der Waals surface area (Å²) in [7, 11) is 0. The van der Waals surface area contributed by atoms with Crippen LogP contribution < -0.4 is 4.90 Å². The van der Waals surface area contributed by atoms with Crippen LogP contribution in [0.15, 0.2) is 6.20 Å². The lowest BCUT2D eigenvalue weighted by Gasteiger charge is -2.52. The van der Waals surface area contributed by atoms with Crippen LogP contribution >= 0.6 is 11.3 Å².